The molecular weight excluding hydrogens is 547 g/mol. The first-order valence-electron chi connectivity index (χ1n) is 13.1. The van der Waals surface area contributed by atoms with Gasteiger partial charge in [-0.2, -0.15) is 0 Å². The molecule has 1 saturated heterocycles. The number of nitrogens with zero attached hydrogens (tertiary/aromatic N) is 3. The highest BCUT2D eigenvalue weighted by atomic mass is 32.2. The summed E-state index contributed by atoms with van der Waals surface area (Å²) in [5.41, 5.74) is -0.347. The highest BCUT2D eigenvalue weighted by Crippen LogP contribution is 2.57. The Balaban J connectivity index is 1.48. The minimum atomic E-state index is -1.61. The van der Waals surface area contributed by atoms with Crippen molar-refractivity contribution in [3.63, 3.8) is 0 Å². The Labute approximate surface area is 233 Å². The fourth-order valence-corrected chi connectivity index (χ4v) is 7.54. The van der Waals surface area contributed by atoms with Crippen LogP contribution in [0.1, 0.15) is 42.7 Å². The Morgan fingerprint density at radius 1 is 1.12 bits per heavy atom. The summed E-state index contributed by atoms with van der Waals surface area (Å²) in [7, 11) is 0. The normalized spacial score (nSPS) is 33.0. The van der Waals surface area contributed by atoms with Crippen molar-refractivity contribution in [3.8, 4) is 11.3 Å². The Morgan fingerprint density at radius 3 is 2.40 bits per heavy atom. The van der Waals surface area contributed by atoms with Gasteiger partial charge in [0.2, 0.25) is 0 Å². The zero-order valence-corrected chi connectivity index (χ0v) is 23.0. The van der Waals surface area contributed by atoms with E-state index in [1.54, 1.807) is 0 Å². The molecule has 0 spiro atoms. The van der Waals surface area contributed by atoms with Gasteiger partial charge < -0.3 is 25.2 Å². The summed E-state index contributed by atoms with van der Waals surface area (Å²) in [6.07, 6.45) is -2.09. The second-order valence-electron chi connectivity index (χ2n) is 10.9. The van der Waals surface area contributed by atoms with Crippen LogP contribution in [0.2, 0.25) is 0 Å². The van der Waals surface area contributed by atoms with E-state index in [4.69, 9.17) is 4.74 Å². The van der Waals surface area contributed by atoms with Crippen LogP contribution in [-0.4, -0.2) is 71.4 Å². The number of aryl methyl sites for hydroxylation is 1. The molecule has 5 rings (SSSR count). The van der Waals surface area contributed by atoms with E-state index in [1.165, 1.54) is 18.0 Å². The van der Waals surface area contributed by atoms with Crippen molar-refractivity contribution in [1.29, 1.82) is 0 Å². The maximum Gasteiger partial charge on any atom is 0.194 e. The van der Waals surface area contributed by atoms with Crippen LogP contribution in [0, 0.1) is 36.2 Å². The average molecular weight is 580 g/mol. The standard InChI is InChI=1S/C28H32F3N3O5S/c1-13-6-4-5-7-17(13)26(28(38)10-14(2)15(28)3)40-27-25(37)23(24(36)21(12-35)39-27)34-11-20(32-33-34)16-8-18(29)22(31)19(30)9-16/h4-9,11,14-15,21,23-27,35-38H,10,12H2,1-3H3/t14-,15-,21-,23+,24+,25-,26-,27+,28?/m1/s1. The average Bonchev–Trinajstić information content (AvgIpc) is 3.41. The largest absolute Gasteiger partial charge is 0.394 e. The van der Waals surface area contributed by atoms with Crippen molar-refractivity contribution in [1.82, 2.24) is 15.0 Å². The van der Waals surface area contributed by atoms with E-state index >= 15 is 0 Å². The molecule has 4 N–H and O–H groups in total. The van der Waals surface area contributed by atoms with E-state index in [9.17, 15) is 33.6 Å². The van der Waals surface area contributed by atoms with Crippen LogP contribution in [0.15, 0.2) is 42.6 Å². The molecule has 12 heteroatoms. The molecular formula is C28H32F3N3O5S. The molecule has 2 aliphatic rings. The number of benzene rings is 2. The second kappa shape index (κ2) is 11.1. The highest BCUT2D eigenvalue weighted by Gasteiger charge is 2.56. The van der Waals surface area contributed by atoms with Gasteiger partial charge in [-0.3, -0.25) is 0 Å². The predicted octanol–water partition coefficient (Wildman–Crippen LogP) is 3.53. The van der Waals surface area contributed by atoms with Gasteiger partial charge in [0.15, 0.2) is 17.5 Å². The van der Waals surface area contributed by atoms with Crippen LogP contribution in [0.4, 0.5) is 13.2 Å². The third kappa shape index (κ3) is 4.94. The summed E-state index contributed by atoms with van der Waals surface area (Å²) in [6.45, 7) is 5.43. The van der Waals surface area contributed by atoms with Crippen molar-refractivity contribution in [2.24, 2.45) is 11.8 Å². The molecule has 2 heterocycles. The molecule has 9 atom stereocenters. The van der Waals surface area contributed by atoms with Gasteiger partial charge in [-0.15, -0.1) is 16.9 Å². The number of aliphatic hydroxyl groups excluding tert-OH is 3. The third-order valence-electron chi connectivity index (χ3n) is 8.43. The van der Waals surface area contributed by atoms with E-state index < -0.39 is 64.7 Å². The van der Waals surface area contributed by atoms with Gasteiger partial charge in [0.25, 0.3) is 0 Å². The molecule has 2 fully saturated rings. The SMILES string of the molecule is Cc1ccccc1[C@@H](S[C@@H]1O[C@H](CO)[C@H](O)[C@H](n2cc(-c3cc(F)c(F)c(F)c3)nn2)[C@H]1O)C1(O)C[C@@H](C)[C@H]1C. The lowest BCUT2D eigenvalue weighted by atomic mass is 9.60. The van der Waals surface area contributed by atoms with Crippen LogP contribution < -0.4 is 0 Å². The van der Waals surface area contributed by atoms with Gasteiger partial charge in [-0.25, -0.2) is 17.9 Å². The Bertz CT molecular complexity index is 1360. The van der Waals surface area contributed by atoms with E-state index in [1.807, 2.05) is 38.1 Å². The predicted molar refractivity (Wildman–Crippen MR) is 142 cm³/mol. The first-order chi connectivity index (χ1) is 19.0. The summed E-state index contributed by atoms with van der Waals surface area (Å²) in [5.74, 6) is -4.14. The second-order valence-corrected chi connectivity index (χ2v) is 12.1. The number of rotatable bonds is 7. The molecule has 216 valence electrons. The van der Waals surface area contributed by atoms with Gasteiger partial charge in [-0.05, 0) is 48.4 Å². The van der Waals surface area contributed by atoms with E-state index in [0.29, 0.717) is 12.3 Å². The van der Waals surface area contributed by atoms with E-state index in [2.05, 4.69) is 17.2 Å². The first kappa shape index (κ1) is 29.0. The fourth-order valence-electron chi connectivity index (χ4n) is 5.78. The van der Waals surface area contributed by atoms with Crippen LogP contribution >= 0.6 is 11.8 Å². The molecule has 1 aliphatic carbocycles. The Hall–Kier alpha value is -2.48. The smallest absolute Gasteiger partial charge is 0.194 e. The van der Waals surface area contributed by atoms with Crippen LogP contribution in [0.25, 0.3) is 11.3 Å². The minimum Gasteiger partial charge on any atom is -0.394 e. The van der Waals surface area contributed by atoms with Crippen molar-refractivity contribution < 1.29 is 38.3 Å². The number of aromatic nitrogens is 3. The minimum absolute atomic E-state index is 0.0159. The number of aliphatic hydroxyl groups is 4. The monoisotopic (exact) mass is 579 g/mol. The third-order valence-corrected chi connectivity index (χ3v) is 10.0. The molecule has 2 aromatic carbocycles. The molecule has 0 amide bonds. The zero-order valence-electron chi connectivity index (χ0n) is 22.2. The van der Waals surface area contributed by atoms with Crippen molar-refractivity contribution in [2.45, 2.75) is 67.8 Å². The van der Waals surface area contributed by atoms with Gasteiger partial charge in [0.05, 0.1) is 23.7 Å². The molecule has 3 aromatic rings. The molecule has 8 nitrogen and oxygen atoms in total. The van der Waals surface area contributed by atoms with Gasteiger partial charge in [-0.1, -0.05) is 43.3 Å². The molecule has 1 saturated carbocycles. The lowest BCUT2D eigenvalue weighted by Gasteiger charge is -2.54. The number of thioether (sulfide) groups is 1. The van der Waals surface area contributed by atoms with Gasteiger partial charge >= 0.3 is 0 Å². The topological polar surface area (TPSA) is 121 Å². The number of hydrogen-bond donors (Lipinski definition) is 4. The maximum atomic E-state index is 13.8. The van der Waals surface area contributed by atoms with E-state index in [-0.39, 0.29) is 17.2 Å². The summed E-state index contributed by atoms with van der Waals surface area (Å²) in [6, 6.07) is 8.03. The molecule has 1 aliphatic heterocycles. The summed E-state index contributed by atoms with van der Waals surface area (Å²) in [5, 5.41) is 51.6. The Morgan fingerprint density at radius 2 is 1.80 bits per heavy atom. The summed E-state index contributed by atoms with van der Waals surface area (Å²) in [4.78, 5) is 0. The molecule has 0 bridgehead atoms. The van der Waals surface area contributed by atoms with Crippen LogP contribution in [0.5, 0.6) is 0 Å². The maximum absolute atomic E-state index is 13.8. The summed E-state index contributed by atoms with van der Waals surface area (Å²) >= 11 is 1.21. The van der Waals surface area contributed by atoms with Crippen molar-refractivity contribution in [2.75, 3.05) is 6.61 Å². The van der Waals surface area contributed by atoms with Crippen molar-refractivity contribution >= 4 is 11.8 Å². The van der Waals surface area contributed by atoms with Gasteiger partial charge in [0.1, 0.15) is 35.5 Å². The first-order valence-corrected chi connectivity index (χ1v) is 14.0. The van der Waals surface area contributed by atoms with E-state index in [0.717, 1.165) is 27.9 Å². The Kier molecular flexibility index (Phi) is 8.03. The molecule has 40 heavy (non-hydrogen) atoms. The lowest BCUT2D eigenvalue weighted by molar-refractivity contribution is -0.179. The van der Waals surface area contributed by atoms with Crippen molar-refractivity contribution in [3.05, 3.63) is 71.2 Å². The lowest BCUT2D eigenvalue weighted by Crippen LogP contribution is -2.58. The zero-order chi connectivity index (χ0) is 28.9. The molecule has 1 aromatic heterocycles. The van der Waals surface area contributed by atoms with Crippen LogP contribution in [-0.2, 0) is 4.74 Å². The highest BCUT2D eigenvalue weighted by molar-refractivity contribution is 8.00. The fraction of sp³-hybridized carbons (Fsp3) is 0.500. The number of halogens is 3. The quantitative estimate of drug-likeness (QED) is 0.314. The summed E-state index contributed by atoms with van der Waals surface area (Å²) < 4.78 is 48.2. The number of ether oxygens (including phenoxy) is 1. The van der Waals surface area contributed by atoms with Gasteiger partial charge in [0, 0.05) is 5.56 Å². The molecule has 1 unspecified atom stereocenters. The molecule has 0 radical (unpaired) electrons. The van der Waals surface area contributed by atoms with Crippen LogP contribution in [0.3, 0.4) is 0 Å². The number of hydrogen-bond acceptors (Lipinski definition) is 8.